The van der Waals surface area contributed by atoms with Gasteiger partial charge in [-0.2, -0.15) is 5.10 Å². The Balaban J connectivity index is 1.58. The van der Waals surface area contributed by atoms with Crippen molar-refractivity contribution in [3.63, 3.8) is 0 Å². The molecule has 23 heavy (non-hydrogen) atoms. The summed E-state index contributed by atoms with van der Waals surface area (Å²) in [6.07, 6.45) is 2.01. The predicted molar refractivity (Wildman–Crippen MR) is 83.8 cm³/mol. The molecule has 1 amide bonds. The number of carbonyl (C=O) groups is 1. The molecule has 5 nitrogen and oxygen atoms in total. The van der Waals surface area contributed by atoms with E-state index in [4.69, 9.17) is 0 Å². The van der Waals surface area contributed by atoms with Crippen LogP contribution in [0.1, 0.15) is 18.5 Å². The lowest BCUT2D eigenvalue weighted by Crippen LogP contribution is -2.41. The zero-order chi connectivity index (χ0) is 16.0. The quantitative estimate of drug-likeness (QED) is 0.937. The number of likely N-dealkylation sites (tertiary alicyclic amines) is 1. The third kappa shape index (κ3) is 2.16. The summed E-state index contributed by atoms with van der Waals surface area (Å²) in [4.78, 5) is 26.1. The van der Waals surface area contributed by atoms with E-state index in [-0.39, 0.29) is 30.0 Å². The lowest BCUT2D eigenvalue weighted by Gasteiger charge is -2.41. The monoisotopic (exact) mass is 315 g/mol. The van der Waals surface area contributed by atoms with E-state index in [0.717, 1.165) is 12.8 Å². The van der Waals surface area contributed by atoms with Gasteiger partial charge >= 0.3 is 0 Å². The number of benzene rings is 1. The highest BCUT2D eigenvalue weighted by molar-refractivity contribution is 5.88. The SMILES string of the molecule is O=C(Cc1n[nH]c(=O)c2ccccc12)N1C[C@@H]2CC[C@]2(CF)C1. The first-order chi connectivity index (χ1) is 11.1. The molecular formula is C17H18FN3O2. The van der Waals surface area contributed by atoms with Crippen LogP contribution in [0, 0.1) is 11.3 Å². The number of fused-ring (bicyclic) bond motifs is 2. The van der Waals surface area contributed by atoms with Crippen LogP contribution in [0.25, 0.3) is 10.8 Å². The standard InChI is InChI=1S/C17H18FN3O2/c18-9-17-6-5-11(17)8-21(10-17)15(22)7-14-12-3-1-2-4-13(12)16(23)20-19-14/h1-4,11H,5-10H2,(H,20,23)/t11-,17-/m0/s1. The lowest BCUT2D eigenvalue weighted by atomic mass is 9.63. The van der Waals surface area contributed by atoms with Crippen molar-refractivity contribution in [2.45, 2.75) is 19.3 Å². The number of hydrogen-bond acceptors (Lipinski definition) is 3. The van der Waals surface area contributed by atoms with Crippen molar-refractivity contribution in [2.75, 3.05) is 19.8 Å². The maximum atomic E-state index is 13.3. The Kier molecular flexibility index (Phi) is 3.21. The average Bonchev–Trinajstić information content (AvgIpc) is 2.82. The third-order valence-corrected chi connectivity index (χ3v) is 5.52. The minimum Gasteiger partial charge on any atom is -0.341 e. The summed E-state index contributed by atoms with van der Waals surface area (Å²) in [7, 11) is 0. The first-order valence-electron chi connectivity index (χ1n) is 7.93. The Hall–Kier alpha value is -2.24. The van der Waals surface area contributed by atoms with E-state index in [1.807, 2.05) is 6.07 Å². The third-order valence-electron chi connectivity index (χ3n) is 5.52. The van der Waals surface area contributed by atoms with Crippen LogP contribution in [0.3, 0.4) is 0 Å². The molecule has 1 aromatic carbocycles. The molecule has 1 aromatic heterocycles. The summed E-state index contributed by atoms with van der Waals surface area (Å²) >= 11 is 0. The Morgan fingerprint density at radius 1 is 1.39 bits per heavy atom. The van der Waals surface area contributed by atoms with Crippen molar-refractivity contribution < 1.29 is 9.18 Å². The number of hydrogen-bond donors (Lipinski definition) is 1. The molecule has 2 atom stereocenters. The highest BCUT2D eigenvalue weighted by Crippen LogP contribution is 2.52. The van der Waals surface area contributed by atoms with Gasteiger partial charge in [-0.1, -0.05) is 18.2 Å². The summed E-state index contributed by atoms with van der Waals surface area (Å²) in [5.41, 5.74) is 0.0158. The Labute approximate surface area is 132 Å². The minimum atomic E-state index is -0.346. The molecule has 1 N–H and O–H groups in total. The van der Waals surface area contributed by atoms with Crippen molar-refractivity contribution in [1.82, 2.24) is 15.1 Å². The van der Waals surface area contributed by atoms with Crippen LogP contribution in [0.4, 0.5) is 4.39 Å². The zero-order valence-corrected chi connectivity index (χ0v) is 12.7. The van der Waals surface area contributed by atoms with Gasteiger partial charge in [-0.05, 0) is 24.8 Å². The molecule has 1 aliphatic heterocycles. The fourth-order valence-electron chi connectivity index (χ4n) is 3.93. The minimum absolute atomic E-state index is 0.0445. The second-order valence-electron chi connectivity index (χ2n) is 6.73. The molecule has 0 bridgehead atoms. The van der Waals surface area contributed by atoms with Crippen LogP contribution in [-0.2, 0) is 11.2 Å². The topological polar surface area (TPSA) is 66.1 Å². The van der Waals surface area contributed by atoms with Crippen LogP contribution in [0.5, 0.6) is 0 Å². The fraction of sp³-hybridized carbons (Fsp3) is 0.471. The van der Waals surface area contributed by atoms with Gasteiger partial charge in [0, 0.05) is 23.9 Å². The molecule has 0 radical (unpaired) electrons. The van der Waals surface area contributed by atoms with E-state index in [0.29, 0.717) is 35.5 Å². The van der Waals surface area contributed by atoms with E-state index < -0.39 is 0 Å². The van der Waals surface area contributed by atoms with Gasteiger partial charge in [0.05, 0.1) is 24.2 Å². The molecule has 2 fully saturated rings. The molecule has 2 aromatic rings. The molecule has 1 aliphatic carbocycles. The highest BCUT2D eigenvalue weighted by atomic mass is 19.1. The number of rotatable bonds is 3. The number of H-pyrrole nitrogens is 1. The summed E-state index contributed by atoms with van der Waals surface area (Å²) in [5.74, 6) is 0.258. The number of aromatic amines is 1. The first-order valence-corrected chi connectivity index (χ1v) is 7.93. The van der Waals surface area contributed by atoms with Gasteiger partial charge in [-0.3, -0.25) is 14.0 Å². The van der Waals surface area contributed by atoms with E-state index in [2.05, 4.69) is 10.2 Å². The number of alkyl halides is 1. The molecule has 1 saturated carbocycles. The molecule has 4 rings (SSSR count). The van der Waals surface area contributed by atoms with E-state index in [1.165, 1.54) is 0 Å². The van der Waals surface area contributed by atoms with Gasteiger partial charge in [0.15, 0.2) is 0 Å². The van der Waals surface area contributed by atoms with Gasteiger partial charge in [0.2, 0.25) is 5.91 Å². The number of halogens is 1. The average molecular weight is 315 g/mol. The molecule has 0 spiro atoms. The largest absolute Gasteiger partial charge is 0.341 e. The van der Waals surface area contributed by atoms with Crippen LogP contribution < -0.4 is 5.56 Å². The molecule has 6 heteroatoms. The van der Waals surface area contributed by atoms with Crippen molar-refractivity contribution in [1.29, 1.82) is 0 Å². The van der Waals surface area contributed by atoms with Crippen LogP contribution in [-0.4, -0.2) is 40.8 Å². The molecule has 120 valence electrons. The second-order valence-corrected chi connectivity index (χ2v) is 6.73. The number of aromatic nitrogens is 2. The number of amides is 1. The molecular weight excluding hydrogens is 297 g/mol. The van der Waals surface area contributed by atoms with E-state index >= 15 is 0 Å². The van der Waals surface area contributed by atoms with Gasteiger partial charge in [-0.25, -0.2) is 5.10 Å². The molecule has 0 unspecified atom stereocenters. The summed E-state index contributed by atoms with van der Waals surface area (Å²) < 4.78 is 13.3. The van der Waals surface area contributed by atoms with E-state index in [1.54, 1.807) is 23.1 Å². The predicted octanol–water partition coefficient (Wildman–Crippen LogP) is 1.67. The molecule has 1 saturated heterocycles. The van der Waals surface area contributed by atoms with Gasteiger partial charge < -0.3 is 4.90 Å². The van der Waals surface area contributed by atoms with Crippen molar-refractivity contribution in [3.05, 3.63) is 40.3 Å². The van der Waals surface area contributed by atoms with Crippen molar-refractivity contribution in [2.24, 2.45) is 11.3 Å². The first kappa shape index (κ1) is 14.4. The van der Waals surface area contributed by atoms with Gasteiger partial charge in [0.1, 0.15) is 0 Å². The van der Waals surface area contributed by atoms with Crippen molar-refractivity contribution in [3.8, 4) is 0 Å². The van der Waals surface area contributed by atoms with Crippen molar-refractivity contribution >= 4 is 16.7 Å². The summed E-state index contributed by atoms with van der Waals surface area (Å²) in [6, 6.07) is 7.13. The normalized spacial score (nSPS) is 26.1. The Morgan fingerprint density at radius 3 is 2.83 bits per heavy atom. The summed E-state index contributed by atoms with van der Waals surface area (Å²) in [6.45, 7) is 0.805. The van der Waals surface area contributed by atoms with Crippen LogP contribution in [0.15, 0.2) is 29.1 Å². The maximum absolute atomic E-state index is 13.3. The fourth-order valence-corrected chi connectivity index (χ4v) is 3.93. The number of nitrogens with zero attached hydrogens (tertiary/aromatic N) is 2. The molecule has 2 aliphatic rings. The summed E-state index contributed by atoms with van der Waals surface area (Å²) in [5, 5.41) is 7.74. The Morgan fingerprint density at radius 2 is 2.17 bits per heavy atom. The smallest absolute Gasteiger partial charge is 0.272 e. The second kappa shape index (κ2) is 5.15. The van der Waals surface area contributed by atoms with Crippen LogP contribution in [0.2, 0.25) is 0 Å². The number of carbonyl (C=O) groups excluding carboxylic acids is 1. The van der Waals surface area contributed by atoms with Gasteiger partial charge in [0.25, 0.3) is 5.56 Å². The zero-order valence-electron chi connectivity index (χ0n) is 12.7. The maximum Gasteiger partial charge on any atom is 0.272 e. The van der Waals surface area contributed by atoms with Gasteiger partial charge in [-0.15, -0.1) is 0 Å². The number of nitrogens with one attached hydrogen (secondary N) is 1. The Bertz CT molecular complexity index is 830. The van der Waals surface area contributed by atoms with Crippen LogP contribution >= 0.6 is 0 Å². The molecule has 2 heterocycles. The van der Waals surface area contributed by atoms with E-state index in [9.17, 15) is 14.0 Å². The lowest BCUT2D eigenvalue weighted by molar-refractivity contribution is -0.129. The highest BCUT2D eigenvalue weighted by Gasteiger charge is 2.53.